The lowest BCUT2D eigenvalue weighted by Crippen LogP contribution is -2.35. The zero-order valence-electron chi connectivity index (χ0n) is 11.0. The Balaban J connectivity index is 2.21. The molecule has 0 aromatic carbocycles. The fraction of sp³-hybridized carbons (Fsp3) is 0.786. The smallest absolute Gasteiger partial charge is 0.106 e. The van der Waals surface area contributed by atoms with Gasteiger partial charge in [0.25, 0.3) is 0 Å². The first-order valence-corrected chi connectivity index (χ1v) is 6.94. The minimum Gasteiger partial charge on any atom is -0.384 e. The van der Waals surface area contributed by atoms with E-state index in [2.05, 4.69) is 18.9 Å². The van der Waals surface area contributed by atoms with Crippen LogP contribution in [0.15, 0.2) is 12.3 Å². The predicted molar refractivity (Wildman–Crippen MR) is 68.7 cm³/mol. The second-order valence-electron chi connectivity index (χ2n) is 5.34. The molecule has 0 aliphatic heterocycles. The first-order chi connectivity index (χ1) is 8.19. The standard InChI is InChI=1S/C14H24N2O/c1-3-10-16-13(7-9-15-16)14(17)8-5-6-12(4-2)11-14/h7,9,12,17H,3-6,8,10-11H2,1-2H3. The van der Waals surface area contributed by atoms with Gasteiger partial charge in [0.05, 0.1) is 5.69 Å². The number of aromatic nitrogens is 2. The van der Waals surface area contributed by atoms with Gasteiger partial charge in [0.2, 0.25) is 0 Å². The van der Waals surface area contributed by atoms with Crippen LogP contribution in [0.2, 0.25) is 0 Å². The number of hydrogen-bond acceptors (Lipinski definition) is 2. The molecule has 2 rings (SSSR count). The topological polar surface area (TPSA) is 38.0 Å². The molecule has 1 saturated carbocycles. The zero-order chi connectivity index (χ0) is 12.3. The van der Waals surface area contributed by atoms with Gasteiger partial charge in [0.1, 0.15) is 5.60 Å². The molecule has 96 valence electrons. The number of hydrogen-bond donors (Lipinski definition) is 1. The van der Waals surface area contributed by atoms with Gasteiger partial charge in [-0.15, -0.1) is 0 Å². The number of nitrogens with zero attached hydrogens (tertiary/aromatic N) is 2. The van der Waals surface area contributed by atoms with Crippen LogP contribution >= 0.6 is 0 Å². The maximum absolute atomic E-state index is 10.9. The Bertz CT molecular complexity index is 361. The van der Waals surface area contributed by atoms with Crippen LogP contribution in [0.25, 0.3) is 0 Å². The van der Waals surface area contributed by atoms with Gasteiger partial charge in [0.15, 0.2) is 0 Å². The molecule has 0 amide bonds. The highest BCUT2D eigenvalue weighted by atomic mass is 16.3. The third-order valence-electron chi connectivity index (χ3n) is 4.04. The Kier molecular flexibility index (Phi) is 3.87. The molecule has 2 unspecified atom stereocenters. The summed E-state index contributed by atoms with van der Waals surface area (Å²) in [6.07, 6.45) is 8.23. The molecule has 0 radical (unpaired) electrons. The van der Waals surface area contributed by atoms with Gasteiger partial charge in [-0.05, 0) is 37.7 Å². The molecule has 0 bridgehead atoms. The summed E-state index contributed by atoms with van der Waals surface area (Å²) < 4.78 is 1.98. The molecule has 1 aliphatic carbocycles. The van der Waals surface area contributed by atoms with Crippen LogP contribution in [0, 0.1) is 5.92 Å². The van der Waals surface area contributed by atoms with Crippen LogP contribution in [0.3, 0.4) is 0 Å². The largest absolute Gasteiger partial charge is 0.384 e. The van der Waals surface area contributed by atoms with E-state index in [9.17, 15) is 5.11 Å². The minimum absolute atomic E-state index is 0.634. The molecule has 3 nitrogen and oxygen atoms in total. The van der Waals surface area contributed by atoms with Crippen LogP contribution in [-0.4, -0.2) is 14.9 Å². The lowest BCUT2D eigenvalue weighted by Gasteiger charge is -2.36. The fourth-order valence-electron chi connectivity index (χ4n) is 3.06. The van der Waals surface area contributed by atoms with Crippen molar-refractivity contribution in [1.82, 2.24) is 9.78 Å². The molecule has 17 heavy (non-hydrogen) atoms. The van der Waals surface area contributed by atoms with Crippen molar-refractivity contribution in [1.29, 1.82) is 0 Å². The van der Waals surface area contributed by atoms with Crippen molar-refractivity contribution in [2.75, 3.05) is 0 Å². The fourth-order valence-corrected chi connectivity index (χ4v) is 3.06. The highest BCUT2D eigenvalue weighted by Gasteiger charge is 2.37. The van der Waals surface area contributed by atoms with Crippen LogP contribution < -0.4 is 0 Å². The number of aryl methyl sites for hydroxylation is 1. The summed E-state index contributed by atoms with van der Waals surface area (Å²) in [7, 11) is 0. The third-order valence-corrected chi connectivity index (χ3v) is 4.04. The molecule has 1 N–H and O–H groups in total. The van der Waals surface area contributed by atoms with Crippen LogP contribution in [-0.2, 0) is 12.1 Å². The summed E-state index contributed by atoms with van der Waals surface area (Å²) >= 11 is 0. The van der Waals surface area contributed by atoms with E-state index in [-0.39, 0.29) is 0 Å². The first-order valence-electron chi connectivity index (χ1n) is 6.94. The van der Waals surface area contributed by atoms with Gasteiger partial charge in [-0.1, -0.05) is 26.7 Å². The van der Waals surface area contributed by atoms with Gasteiger partial charge >= 0.3 is 0 Å². The molecule has 1 fully saturated rings. The van der Waals surface area contributed by atoms with Crippen molar-refractivity contribution in [3.63, 3.8) is 0 Å². The van der Waals surface area contributed by atoms with Crippen molar-refractivity contribution in [2.45, 2.75) is 64.5 Å². The van der Waals surface area contributed by atoms with Crippen LogP contribution in [0.5, 0.6) is 0 Å². The Morgan fingerprint density at radius 1 is 1.53 bits per heavy atom. The van der Waals surface area contributed by atoms with E-state index in [1.165, 1.54) is 12.8 Å². The van der Waals surface area contributed by atoms with Crippen molar-refractivity contribution in [3.8, 4) is 0 Å². The van der Waals surface area contributed by atoms with E-state index in [1.54, 1.807) is 0 Å². The SMILES string of the molecule is CCCn1nccc1C1(O)CCCC(CC)C1. The van der Waals surface area contributed by atoms with E-state index in [4.69, 9.17) is 0 Å². The lowest BCUT2D eigenvalue weighted by atomic mass is 9.75. The second kappa shape index (κ2) is 5.21. The van der Waals surface area contributed by atoms with Gasteiger partial charge in [0, 0.05) is 12.7 Å². The van der Waals surface area contributed by atoms with Crippen molar-refractivity contribution in [3.05, 3.63) is 18.0 Å². The third kappa shape index (κ3) is 2.54. The molecule has 1 aromatic rings. The monoisotopic (exact) mass is 236 g/mol. The molecule has 0 saturated heterocycles. The molecule has 2 atom stereocenters. The van der Waals surface area contributed by atoms with Gasteiger partial charge < -0.3 is 5.11 Å². The molecular formula is C14H24N2O. The van der Waals surface area contributed by atoms with E-state index >= 15 is 0 Å². The maximum Gasteiger partial charge on any atom is 0.106 e. The van der Waals surface area contributed by atoms with E-state index in [0.717, 1.165) is 37.9 Å². The molecule has 1 aliphatic rings. The summed E-state index contributed by atoms with van der Waals surface area (Å²) in [5, 5.41) is 15.2. The van der Waals surface area contributed by atoms with Gasteiger partial charge in [-0.2, -0.15) is 5.10 Å². The van der Waals surface area contributed by atoms with Gasteiger partial charge in [-0.25, -0.2) is 0 Å². The molecule has 0 spiro atoms. The molecule has 3 heteroatoms. The number of rotatable bonds is 4. The van der Waals surface area contributed by atoms with Gasteiger partial charge in [-0.3, -0.25) is 4.68 Å². The normalized spacial score (nSPS) is 29.5. The molecule has 1 heterocycles. The maximum atomic E-state index is 10.9. The lowest BCUT2D eigenvalue weighted by molar-refractivity contribution is -0.0291. The minimum atomic E-state index is -0.634. The average Bonchev–Trinajstić information content (AvgIpc) is 2.78. The average molecular weight is 236 g/mol. The summed E-state index contributed by atoms with van der Waals surface area (Å²) in [6, 6.07) is 1.99. The zero-order valence-corrected chi connectivity index (χ0v) is 11.0. The Labute approximate surface area is 104 Å². The summed E-state index contributed by atoms with van der Waals surface area (Å²) in [5.74, 6) is 0.665. The Morgan fingerprint density at radius 3 is 3.06 bits per heavy atom. The number of aliphatic hydroxyl groups is 1. The second-order valence-corrected chi connectivity index (χ2v) is 5.34. The van der Waals surface area contributed by atoms with E-state index in [0.29, 0.717) is 5.92 Å². The first kappa shape index (κ1) is 12.6. The summed E-state index contributed by atoms with van der Waals surface area (Å²) in [6.45, 7) is 5.27. The summed E-state index contributed by atoms with van der Waals surface area (Å²) in [4.78, 5) is 0. The summed E-state index contributed by atoms with van der Waals surface area (Å²) in [5.41, 5.74) is 0.391. The molecule has 1 aromatic heterocycles. The van der Waals surface area contributed by atoms with Crippen LogP contribution in [0.1, 0.15) is 58.1 Å². The van der Waals surface area contributed by atoms with Crippen molar-refractivity contribution in [2.24, 2.45) is 5.92 Å². The van der Waals surface area contributed by atoms with E-state index in [1.807, 2.05) is 16.9 Å². The van der Waals surface area contributed by atoms with Crippen molar-refractivity contribution >= 4 is 0 Å². The Hall–Kier alpha value is -0.830. The van der Waals surface area contributed by atoms with Crippen molar-refractivity contribution < 1.29 is 5.11 Å². The highest BCUT2D eigenvalue weighted by Crippen LogP contribution is 2.40. The Morgan fingerprint density at radius 2 is 2.35 bits per heavy atom. The van der Waals surface area contributed by atoms with E-state index < -0.39 is 5.60 Å². The van der Waals surface area contributed by atoms with Crippen LogP contribution in [0.4, 0.5) is 0 Å². The highest BCUT2D eigenvalue weighted by molar-refractivity contribution is 5.13. The predicted octanol–water partition coefficient (Wildman–Crippen LogP) is 3.08. The quantitative estimate of drug-likeness (QED) is 0.872. The molecular weight excluding hydrogens is 212 g/mol.